The molecule has 9 nitrogen and oxygen atoms in total. The highest BCUT2D eigenvalue weighted by Gasteiger charge is 2.37. The Balaban J connectivity index is 1.30. The second-order valence-electron chi connectivity index (χ2n) is 10.9. The number of carbonyl (C=O) groups excluding carboxylic acids is 2. The minimum absolute atomic E-state index is 0.0777. The number of aromatic nitrogens is 3. The van der Waals surface area contributed by atoms with E-state index in [4.69, 9.17) is 26.1 Å². The van der Waals surface area contributed by atoms with Crippen molar-refractivity contribution in [3.63, 3.8) is 0 Å². The molecule has 0 bridgehead atoms. The fourth-order valence-corrected chi connectivity index (χ4v) is 7.26. The van der Waals surface area contributed by atoms with Gasteiger partial charge in [-0.25, -0.2) is 15.0 Å². The van der Waals surface area contributed by atoms with E-state index in [0.717, 1.165) is 40.5 Å². The molecule has 12 heteroatoms. The zero-order valence-electron chi connectivity index (χ0n) is 24.9. The molecular formula is C33H32ClN5O4S2. The summed E-state index contributed by atoms with van der Waals surface area (Å²) in [7, 11) is 0. The molecule has 2 aliphatic rings. The Bertz CT molecular complexity index is 1710. The van der Waals surface area contributed by atoms with Crippen LogP contribution in [0.25, 0.3) is 11.3 Å². The third-order valence-electron chi connectivity index (χ3n) is 7.60. The zero-order chi connectivity index (χ0) is 31.3. The summed E-state index contributed by atoms with van der Waals surface area (Å²) in [6.45, 7) is 4.13. The lowest BCUT2D eigenvalue weighted by Gasteiger charge is -2.36. The number of ether oxygens (including phenoxy) is 2. The van der Waals surface area contributed by atoms with E-state index in [1.54, 1.807) is 23.1 Å². The van der Waals surface area contributed by atoms with Crippen LogP contribution in [0.15, 0.2) is 71.2 Å². The quantitative estimate of drug-likeness (QED) is 0.109. The lowest BCUT2D eigenvalue weighted by atomic mass is 9.86. The summed E-state index contributed by atoms with van der Waals surface area (Å²) in [5, 5.41) is 6.93. The molecule has 2 aromatic heterocycles. The fraction of sp³-hybridized carbons (Fsp3) is 0.303. The predicted molar refractivity (Wildman–Crippen MR) is 177 cm³/mol. The molecule has 2 amide bonds. The summed E-state index contributed by atoms with van der Waals surface area (Å²) < 4.78 is 11.0. The van der Waals surface area contributed by atoms with Gasteiger partial charge in [0.15, 0.2) is 16.7 Å². The van der Waals surface area contributed by atoms with Crippen molar-refractivity contribution in [2.24, 2.45) is 5.92 Å². The first-order valence-corrected chi connectivity index (χ1v) is 16.9. The number of fused-ring (bicyclic) bond motifs is 1. The highest BCUT2D eigenvalue weighted by atomic mass is 35.5. The Kier molecular flexibility index (Phi) is 9.67. The van der Waals surface area contributed by atoms with Crippen molar-refractivity contribution < 1.29 is 19.1 Å². The lowest BCUT2D eigenvalue weighted by molar-refractivity contribution is -0.139. The summed E-state index contributed by atoms with van der Waals surface area (Å²) in [6.07, 6.45) is 6.52. The van der Waals surface area contributed by atoms with Crippen LogP contribution < -0.4 is 14.8 Å². The first-order valence-electron chi connectivity index (χ1n) is 14.6. The maximum absolute atomic E-state index is 14.2. The molecule has 2 aromatic carbocycles. The van der Waals surface area contributed by atoms with Gasteiger partial charge in [-0.2, -0.15) is 0 Å². The van der Waals surface area contributed by atoms with E-state index in [-0.39, 0.29) is 36.8 Å². The smallest absolute Gasteiger partial charge is 0.247 e. The van der Waals surface area contributed by atoms with Gasteiger partial charge in [0.05, 0.1) is 18.0 Å². The number of halogens is 1. The van der Waals surface area contributed by atoms with Crippen LogP contribution in [0.2, 0.25) is 5.02 Å². The molecule has 2 unspecified atom stereocenters. The van der Waals surface area contributed by atoms with Crippen LogP contribution in [0.3, 0.4) is 0 Å². The highest BCUT2D eigenvalue weighted by Crippen LogP contribution is 2.35. The second-order valence-corrected chi connectivity index (χ2v) is 13.2. The number of amides is 2. The van der Waals surface area contributed by atoms with Gasteiger partial charge in [-0.3, -0.25) is 9.59 Å². The molecular weight excluding hydrogens is 630 g/mol. The first-order chi connectivity index (χ1) is 21.8. The van der Waals surface area contributed by atoms with Crippen LogP contribution in [0.1, 0.15) is 35.7 Å². The minimum Gasteiger partial charge on any atom is -0.454 e. The van der Waals surface area contributed by atoms with Crippen molar-refractivity contribution in [1.82, 2.24) is 19.9 Å². The molecule has 1 N–H and O–H groups in total. The molecule has 0 saturated heterocycles. The molecule has 1 aliphatic heterocycles. The third kappa shape index (κ3) is 7.66. The second kappa shape index (κ2) is 14.0. The monoisotopic (exact) mass is 661 g/mol. The Morgan fingerprint density at radius 2 is 1.82 bits per heavy atom. The van der Waals surface area contributed by atoms with Crippen LogP contribution >= 0.6 is 34.7 Å². The number of carbonyl (C=O) groups is 2. The number of allylic oxidation sites excluding steroid dienone is 2. The summed E-state index contributed by atoms with van der Waals surface area (Å²) >= 11 is 8.83. The topological polar surface area (TPSA) is 107 Å². The van der Waals surface area contributed by atoms with E-state index in [1.165, 1.54) is 23.1 Å². The van der Waals surface area contributed by atoms with Crippen LogP contribution in [-0.2, 0) is 16.1 Å². The molecule has 0 fully saturated rings. The summed E-state index contributed by atoms with van der Waals surface area (Å²) in [5.74, 6) is 0.751. The summed E-state index contributed by atoms with van der Waals surface area (Å²) in [5.41, 5.74) is 3.96. The van der Waals surface area contributed by atoms with Crippen LogP contribution in [0.5, 0.6) is 11.5 Å². The molecule has 6 rings (SSSR count). The van der Waals surface area contributed by atoms with Crippen molar-refractivity contribution in [2.45, 2.75) is 50.9 Å². The average Bonchev–Trinajstić information content (AvgIpc) is 3.70. The standard InChI is InChI=1S/C33H32ClN5O4S2/c1-20-14-21(2)36-33(35-20)45-18-30(40)39(16-29-38-26(17-44-29)22-8-10-24(34)11-9-22)31(23-6-4-3-5-7-23)32(41)37-25-12-13-27-28(15-25)43-19-42-27/h3-4,8-15,17,23,31H,5-7,16,18-19H2,1-2H3,(H,37,41). The van der Waals surface area contributed by atoms with E-state index >= 15 is 0 Å². The number of thiazole rings is 1. The summed E-state index contributed by atoms with van der Waals surface area (Å²) in [6, 6.07) is 13.9. The van der Waals surface area contributed by atoms with Gasteiger partial charge in [-0.15, -0.1) is 11.3 Å². The van der Waals surface area contributed by atoms with Crippen LogP contribution in [0, 0.1) is 19.8 Å². The minimum atomic E-state index is -0.739. The fourth-order valence-electron chi connectivity index (χ4n) is 5.50. The number of nitrogens with one attached hydrogen (secondary N) is 1. The van der Waals surface area contributed by atoms with Gasteiger partial charge < -0.3 is 19.7 Å². The van der Waals surface area contributed by atoms with Gasteiger partial charge in [0.2, 0.25) is 18.6 Å². The number of thioether (sulfide) groups is 1. The molecule has 45 heavy (non-hydrogen) atoms. The predicted octanol–water partition coefficient (Wildman–Crippen LogP) is 7.08. The Hall–Kier alpha value is -3.93. The van der Waals surface area contributed by atoms with E-state index in [0.29, 0.717) is 33.8 Å². The molecule has 0 radical (unpaired) electrons. The Labute approximate surface area is 275 Å². The summed E-state index contributed by atoms with van der Waals surface area (Å²) in [4.78, 5) is 43.9. The average molecular weight is 662 g/mol. The van der Waals surface area contributed by atoms with Crippen LogP contribution in [0.4, 0.5) is 5.69 Å². The molecule has 1 aliphatic carbocycles. The first kappa shape index (κ1) is 31.1. The van der Waals surface area contributed by atoms with Gasteiger partial charge in [0.1, 0.15) is 11.0 Å². The Morgan fingerprint density at radius 1 is 1.04 bits per heavy atom. The van der Waals surface area contributed by atoms with E-state index in [9.17, 15) is 9.59 Å². The Morgan fingerprint density at radius 3 is 2.58 bits per heavy atom. The van der Waals surface area contributed by atoms with E-state index < -0.39 is 6.04 Å². The molecule has 3 heterocycles. The van der Waals surface area contributed by atoms with Gasteiger partial charge in [0.25, 0.3) is 0 Å². The maximum Gasteiger partial charge on any atom is 0.247 e. The van der Waals surface area contributed by atoms with Gasteiger partial charge in [-0.1, -0.05) is 47.6 Å². The number of rotatable bonds is 10. The maximum atomic E-state index is 14.2. The molecule has 0 saturated carbocycles. The number of benzene rings is 2. The number of hydrogen-bond donors (Lipinski definition) is 1. The van der Waals surface area contributed by atoms with Crippen molar-refractivity contribution >= 4 is 52.2 Å². The van der Waals surface area contributed by atoms with Crippen LogP contribution in [-0.4, -0.2) is 50.3 Å². The van der Waals surface area contributed by atoms with E-state index in [1.807, 2.05) is 49.6 Å². The molecule has 0 spiro atoms. The lowest BCUT2D eigenvalue weighted by Crippen LogP contribution is -2.51. The number of nitrogens with zero attached hydrogens (tertiary/aromatic N) is 4. The SMILES string of the molecule is Cc1cc(C)nc(SCC(=O)N(Cc2nc(-c3ccc(Cl)cc3)cs2)C(C(=O)Nc2ccc3c(c2)OCO3)C2CC=CCC2)n1. The van der Waals surface area contributed by atoms with Gasteiger partial charge >= 0.3 is 0 Å². The van der Waals surface area contributed by atoms with Crippen molar-refractivity contribution in [2.75, 3.05) is 17.9 Å². The number of aryl methyl sites for hydroxylation is 2. The van der Waals surface area contributed by atoms with Crippen molar-refractivity contribution in [3.8, 4) is 22.8 Å². The zero-order valence-corrected chi connectivity index (χ0v) is 27.3. The van der Waals surface area contributed by atoms with E-state index in [2.05, 4.69) is 27.4 Å². The number of anilines is 1. The number of hydrogen-bond acceptors (Lipinski definition) is 9. The largest absolute Gasteiger partial charge is 0.454 e. The third-order valence-corrected chi connectivity index (χ3v) is 9.52. The molecule has 4 aromatic rings. The van der Waals surface area contributed by atoms with Crippen molar-refractivity contribution in [1.29, 1.82) is 0 Å². The van der Waals surface area contributed by atoms with Crippen molar-refractivity contribution in [3.05, 3.63) is 87.5 Å². The normalized spacial score (nSPS) is 15.9. The van der Waals surface area contributed by atoms with Gasteiger partial charge in [0, 0.05) is 39.1 Å². The van der Waals surface area contributed by atoms with Gasteiger partial charge in [-0.05, 0) is 69.4 Å². The molecule has 2 atom stereocenters. The highest BCUT2D eigenvalue weighted by molar-refractivity contribution is 7.99. The molecule has 232 valence electrons.